The molecule has 68 valence electrons. The maximum atomic E-state index is 9.00. The molecule has 0 spiro atoms. The molecule has 0 radical (unpaired) electrons. The average molecular weight is 188 g/mol. The van der Waals surface area contributed by atoms with E-state index in [9.17, 15) is 0 Å². The van der Waals surface area contributed by atoms with Crippen LogP contribution >= 0.6 is 0 Å². The van der Waals surface area contributed by atoms with E-state index in [1.54, 1.807) is 6.92 Å². The standard InChI is InChI=1S/2C2H4O2.C2H6O.Na/c2*1-2(3)4;1-2-3;/h2*1H3,(H,3,4);3H,2H2,1H3;/q;;;+1/p-1. The summed E-state index contributed by atoms with van der Waals surface area (Å²) in [4.78, 5) is 17.9. The van der Waals surface area contributed by atoms with Crippen LogP contribution in [-0.2, 0) is 9.59 Å². The molecule has 0 aliphatic rings. The quantitative estimate of drug-likeness (QED) is 0.376. The number of aliphatic carboxylic acids is 2. The first-order chi connectivity index (χ1) is 4.88. The first-order valence-electron chi connectivity index (χ1n) is 2.86. The second kappa shape index (κ2) is 22.4. The number of carboxylic acids is 2. The van der Waals surface area contributed by atoms with Gasteiger partial charge < -0.3 is 20.1 Å². The topological polar surface area (TPSA) is 97.7 Å². The van der Waals surface area contributed by atoms with Crippen LogP contribution in [0.5, 0.6) is 0 Å². The second-order valence-corrected chi connectivity index (χ2v) is 1.33. The normalized spacial score (nSPS) is 5.67. The van der Waals surface area contributed by atoms with Gasteiger partial charge in [-0.1, -0.05) is 0 Å². The van der Waals surface area contributed by atoms with Crippen molar-refractivity contribution in [1.82, 2.24) is 0 Å². The molecule has 5 nitrogen and oxygen atoms in total. The Morgan fingerprint density at radius 2 is 1.33 bits per heavy atom. The number of rotatable bonds is 0. The fourth-order valence-corrected chi connectivity index (χ4v) is 0. The van der Waals surface area contributed by atoms with Gasteiger partial charge in [0.15, 0.2) is 0 Å². The van der Waals surface area contributed by atoms with Crippen LogP contribution in [0.1, 0.15) is 20.8 Å². The Morgan fingerprint density at radius 1 is 1.33 bits per heavy atom. The molecular formula is C6H13NaO5. The van der Waals surface area contributed by atoms with Gasteiger partial charge >= 0.3 is 29.6 Å². The molecule has 0 saturated carbocycles. The fourth-order valence-electron chi connectivity index (χ4n) is 0. The molecule has 12 heavy (non-hydrogen) atoms. The molecule has 0 rings (SSSR count). The van der Waals surface area contributed by atoms with Crippen LogP contribution in [0.4, 0.5) is 0 Å². The molecule has 0 aliphatic carbocycles. The first-order valence-corrected chi connectivity index (χ1v) is 2.86. The smallest absolute Gasteiger partial charge is 0.550 e. The number of carbonyl (C=O) groups is 2. The Bertz CT molecular complexity index is 84.1. The molecule has 0 unspecified atom stereocenters. The Morgan fingerprint density at radius 3 is 1.33 bits per heavy atom. The fraction of sp³-hybridized carbons (Fsp3) is 0.667. The average Bonchev–Trinajstić information content (AvgIpc) is 1.60. The van der Waals surface area contributed by atoms with Gasteiger partial charge in [-0.25, -0.2) is 0 Å². The molecule has 6 heteroatoms. The monoisotopic (exact) mass is 188 g/mol. The summed E-state index contributed by atoms with van der Waals surface area (Å²) >= 11 is 0. The van der Waals surface area contributed by atoms with Gasteiger partial charge in [-0.3, -0.25) is 4.79 Å². The summed E-state index contributed by atoms with van der Waals surface area (Å²) in [5, 5.41) is 23.9. The van der Waals surface area contributed by atoms with Crippen LogP contribution in [0.25, 0.3) is 0 Å². The van der Waals surface area contributed by atoms with E-state index < -0.39 is 11.9 Å². The molecule has 0 aromatic heterocycles. The summed E-state index contributed by atoms with van der Waals surface area (Å²) in [7, 11) is 0. The summed E-state index contributed by atoms with van der Waals surface area (Å²) in [6.45, 7) is 3.99. The minimum atomic E-state index is -1.08. The zero-order valence-electron chi connectivity index (χ0n) is 7.83. The number of hydrogen-bond donors (Lipinski definition) is 2. The molecule has 0 aromatic carbocycles. The largest absolute Gasteiger partial charge is 1.00 e. The Kier molecular flexibility index (Phi) is 42.4. The zero-order valence-corrected chi connectivity index (χ0v) is 9.83. The van der Waals surface area contributed by atoms with Gasteiger partial charge in [-0.15, -0.1) is 0 Å². The van der Waals surface area contributed by atoms with Crippen molar-refractivity contribution in [3.63, 3.8) is 0 Å². The second-order valence-electron chi connectivity index (χ2n) is 1.33. The van der Waals surface area contributed by atoms with Crippen LogP contribution in [0.15, 0.2) is 0 Å². The van der Waals surface area contributed by atoms with Crippen molar-refractivity contribution in [1.29, 1.82) is 0 Å². The molecule has 0 saturated heterocycles. The van der Waals surface area contributed by atoms with Crippen molar-refractivity contribution in [3.8, 4) is 0 Å². The van der Waals surface area contributed by atoms with Crippen molar-refractivity contribution in [2.24, 2.45) is 0 Å². The SMILES string of the molecule is CC(=O)O.CC(=O)[O-].CCO.[Na+]. The van der Waals surface area contributed by atoms with Crippen molar-refractivity contribution in [2.75, 3.05) is 6.61 Å². The van der Waals surface area contributed by atoms with E-state index in [4.69, 9.17) is 24.9 Å². The van der Waals surface area contributed by atoms with Crippen molar-refractivity contribution in [3.05, 3.63) is 0 Å². The summed E-state index contributed by atoms with van der Waals surface area (Å²) in [6, 6.07) is 0. The van der Waals surface area contributed by atoms with Crippen molar-refractivity contribution >= 4 is 11.9 Å². The van der Waals surface area contributed by atoms with E-state index >= 15 is 0 Å². The van der Waals surface area contributed by atoms with Gasteiger partial charge in [-0.2, -0.15) is 0 Å². The summed E-state index contributed by atoms with van der Waals surface area (Å²) in [5.41, 5.74) is 0. The van der Waals surface area contributed by atoms with E-state index in [2.05, 4.69) is 0 Å². The van der Waals surface area contributed by atoms with Crippen LogP contribution in [0, 0.1) is 0 Å². The molecule has 0 aromatic rings. The van der Waals surface area contributed by atoms with E-state index in [1.807, 2.05) is 0 Å². The Labute approximate surface area is 93.7 Å². The van der Waals surface area contributed by atoms with Crippen molar-refractivity contribution < 1.29 is 54.5 Å². The molecular weight excluding hydrogens is 175 g/mol. The van der Waals surface area contributed by atoms with Crippen molar-refractivity contribution in [2.45, 2.75) is 20.8 Å². The zero-order chi connectivity index (χ0) is 9.86. The van der Waals surface area contributed by atoms with Gasteiger partial charge in [0.05, 0.1) is 0 Å². The molecule has 0 heterocycles. The number of aliphatic hydroxyl groups is 1. The third kappa shape index (κ3) is 78400. The molecule has 0 bridgehead atoms. The van der Waals surface area contributed by atoms with Crippen LogP contribution < -0.4 is 34.7 Å². The first kappa shape index (κ1) is 22.7. The molecule has 0 amide bonds. The Balaban J connectivity index is -0.0000000389. The third-order valence-electron chi connectivity index (χ3n) is 0. The van der Waals surface area contributed by atoms with Crippen LogP contribution in [-0.4, -0.2) is 28.8 Å². The summed E-state index contributed by atoms with van der Waals surface area (Å²) < 4.78 is 0. The van der Waals surface area contributed by atoms with Crippen LogP contribution in [0.2, 0.25) is 0 Å². The predicted molar refractivity (Wildman–Crippen MR) is 36.8 cm³/mol. The number of hydrogen-bond acceptors (Lipinski definition) is 4. The van der Waals surface area contributed by atoms with Gasteiger partial charge in [0.1, 0.15) is 0 Å². The predicted octanol–water partition coefficient (Wildman–Crippen LogP) is -4.15. The van der Waals surface area contributed by atoms with Gasteiger partial charge in [0.25, 0.3) is 5.97 Å². The summed E-state index contributed by atoms with van der Waals surface area (Å²) in [5.74, 6) is -1.92. The van der Waals surface area contributed by atoms with Gasteiger partial charge in [0.2, 0.25) is 0 Å². The van der Waals surface area contributed by atoms with Gasteiger partial charge in [0, 0.05) is 19.5 Å². The van der Waals surface area contributed by atoms with E-state index in [0.717, 1.165) is 13.8 Å². The maximum absolute atomic E-state index is 9.00. The third-order valence-corrected chi connectivity index (χ3v) is 0. The summed E-state index contributed by atoms with van der Waals surface area (Å²) in [6.07, 6.45) is 0. The molecule has 0 fully saturated rings. The number of aliphatic hydroxyl groups excluding tert-OH is 1. The molecule has 0 aliphatic heterocycles. The van der Waals surface area contributed by atoms with E-state index in [1.165, 1.54) is 0 Å². The Hall–Kier alpha value is -0.100. The van der Waals surface area contributed by atoms with Crippen LogP contribution in [0.3, 0.4) is 0 Å². The van der Waals surface area contributed by atoms with E-state index in [-0.39, 0.29) is 36.2 Å². The molecule has 2 N–H and O–H groups in total. The number of carbonyl (C=O) groups excluding carboxylic acids is 1. The van der Waals surface area contributed by atoms with Gasteiger partial charge in [-0.05, 0) is 13.8 Å². The minimum Gasteiger partial charge on any atom is -0.550 e. The number of carboxylic acid groups (broad SMARTS) is 2. The maximum Gasteiger partial charge on any atom is 1.00 e. The van der Waals surface area contributed by atoms with E-state index in [0.29, 0.717) is 0 Å². The minimum absolute atomic E-state index is 0. The molecule has 0 atom stereocenters.